The van der Waals surface area contributed by atoms with Gasteiger partial charge in [-0.05, 0) is 54.2 Å². The average molecular weight is 526 g/mol. The summed E-state index contributed by atoms with van der Waals surface area (Å²) in [6.45, 7) is 10.5. The maximum absolute atomic E-state index is 13.5. The minimum atomic E-state index is -0.287. The minimum absolute atomic E-state index is 0.0137. The van der Waals surface area contributed by atoms with Gasteiger partial charge in [0.15, 0.2) is 0 Å². The molecule has 38 heavy (non-hydrogen) atoms. The number of urea groups is 2. The average Bonchev–Trinajstić information content (AvgIpc) is 3.34. The lowest BCUT2D eigenvalue weighted by Crippen LogP contribution is -2.51. The summed E-state index contributed by atoms with van der Waals surface area (Å²) in [5, 5.41) is 5.93. The number of piperidine rings is 1. The first-order valence-electron chi connectivity index (χ1n) is 13.6. The topological polar surface area (TPSA) is 77.2 Å². The van der Waals surface area contributed by atoms with Crippen molar-refractivity contribution in [2.75, 3.05) is 45.9 Å². The van der Waals surface area contributed by atoms with Crippen LogP contribution in [0.1, 0.15) is 37.8 Å². The molecule has 0 aromatic heterocycles. The van der Waals surface area contributed by atoms with Crippen molar-refractivity contribution in [1.82, 2.24) is 25.3 Å². The van der Waals surface area contributed by atoms with E-state index in [4.69, 9.17) is 4.74 Å². The second-order valence-electron chi connectivity index (χ2n) is 10.6. The van der Waals surface area contributed by atoms with E-state index in [2.05, 4.69) is 29.4 Å². The Balaban J connectivity index is 1.33. The van der Waals surface area contributed by atoms with E-state index in [-0.39, 0.29) is 23.9 Å². The number of nitrogens with zero attached hydrogens (tertiary/aromatic N) is 3. The normalized spacial score (nSPS) is 16.5. The van der Waals surface area contributed by atoms with Crippen molar-refractivity contribution in [1.29, 1.82) is 0 Å². The van der Waals surface area contributed by atoms with Crippen molar-refractivity contribution in [3.63, 3.8) is 0 Å². The predicted octanol–water partition coefficient (Wildman–Crippen LogP) is 4.06. The highest BCUT2D eigenvalue weighted by molar-refractivity contribution is 5.76. The molecular weight excluding hydrogens is 485 g/mol. The van der Waals surface area contributed by atoms with Gasteiger partial charge in [0.1, 0.15) is 11.6 Å². The molecule has 0 unspecified atom stereocenters. The first-order valence-corrected chi connectivity index (χ1v) is 13.6. The molecule has 2 aromatic carbocycles. The van der Waals surface area contributed by atoms with Crippen LogP contribution in [0.5, 0.6) is 5.75 Å². The molecule has 4 amide bonds. The van der Waals surface area contributed by atoms with Gasteiger partial charge in [-0.25, -0.2) is 14.0 Å². The molecule has 2 aliphatic rings. The number of nitrogens with one attached hydrogen (secondary N) is 2. The van der Waals surface area contributed by atoms with Crippen LogP contribution >= 0.6 is 0 Å². The van der Waals surface area contributed by atoms with Crippen LogP contribution in [0.3, 0.4) is 0 Å². The second kappa shape index (κ2) is 13.5. The van der Waals surface area contributed by atoms with Crippen LogP contribution < -0.4 is 15.4 Å². The zero-order valence-corrected chi connectivity index (χ0v) is 22.5. The first-order chi connectivity index (χ1) is 18.4. The lowest BCUT2D eigenvalue weighted by Gasteiger charge is -2.39. The summed E-state index contributed by atoms with van der Waals surface area (Å²) >= 11 is 0. The van der Waals surface area contributed by atoms with E-state index in [1.807, 2.05) is 34.1 Å². The van der Waals surface area contributed by atoms with Crippen LogP contribution in [-0.4, -0.2) is 78.7 Å². The zero-order valence-electron chi connectivity index (χ0n) is 22.5. The number of hydrogen-bond donors (Lipinski definition) is 2. The van der Waals surface area contributed by atoms with Crippen LogP contribution in [0.25, 0.3) is 0 Å². The number of ether oxygens (including phenoxy) is 1. The molecule has 0 atom stereocenters. The highest BCUT2D eigenvalue weighted by atomic mass is 19.1. The fourth-order valence-electron chi connectivity index (χ4n) is 4.84. The number of amides is 4. The third kappa shape index (κ3) is 8.08. The van der Waals surface area contributed by atoms with Crippen LogP contribution in [0, 0.1) is 11.7 Å². The fraction of sp³-hybridized carbons (Fsp3) is 0.517. The molecule has 4 rings (SSSR count). The lowest BCUT2D eigenvalue weighted by atomic mass is 10.0. The van der Waals surface area contributed by atoms with Gasteiger partial charge < -0.3 is 30.1 Å². The van der Waals surface area contributed by atoms with Gasteiger partial charge in [0.05, 0.1) is 6.61 Å². The summed E-state index contributed by atoms with van der Waals surface area (Å²) < 4.78 is 19.2. The summed E-state index contributed by atoms with van der Waals surface area (Å²) in [5.41, 5.74) is 1.90. The molecule has 2 aliphatic heterocycles. The number of halogens is 1. The monoisotopic (exact) mass is 525 g/mol. The predicted molar refractivity (Wildman–Crippen MR) is 145 cm³/mol. The smallest absolute Gasteiger partial charge is 0.318 e. The summed E-state index contributed by atoms with van der Waals surface area (Å²) in [6.07, 6.45) is 1.70. The van der Waals surface area contributed by atoms with Gasteiger partial charge in [0.2, 0.25) is 0 Å². The number of rotatable bonds is 11. The van der Waals surface area contributed by atoms with Crippen LogP contribution in [-0.2, 0) is 13.1 Å². The highest BCUT2D eigenvalue weighted by Crippen LogP contribution is 2.20. The van der Waals surface area contributed by atoms with E-state index in [1.165, 1.54) is 12.1 Å². The molecule has 0 bridgehead atoms. The summed E-state index contributed by atoms with van der Waals surface area (Å²) in [4.78, 5) is 31.3. The van der Waals surface area contributed by atoms with E-state index in [0.29, 0.717) is 32.2 Å². The Morgan fingerprint density at radius 3 is 2.37 bits per heavy atom. The fourth-order valence-corrected chi connectivity index (χ4v) is 4.84. The van der Waals surface area contributed by atoms with Gasteiger partial charge in [-0.1, -0.05) is 38.1 Å². The van der Waals surface area contributed by atoms with E-state index < -0.39 is 0 Å². The Bertz CT molecular complexity index is 1040. The summed E-state index contributed by atoms with van der Waals surface area (Å²) in [7, 11) is 0. The van der Waals surface area contributed by atoms with Crippen molar-refractivity contribution < 1.29 is 18.7 Å². The van der Waals surface area contributed by atoms with Gasteiger partial charge in [-0.3, -0.25) is 0 Å². The van der Waals surface area contributed by atoms with E-state index in [9.17, 15) is 14.0 Å². The molecule has 2 saturated heterocycles. The highest BCUT2D eigenvalue weighted by Gasteiger charge is 2.29. The first kappa shape index (κ1) is 27.7. The molecule has 2 fully saturated rings. The Morgan fingerprint density at radius 1 is 1.05 bits per heavy atom. The molecule has 206 valence electrons. The van der Waals surface area contributed by atoms with Gasteiger partial charge in [0, 0.05) is 58.4 Å². The van der Waals surface area contributed by atoms with Gasteiger partial charge >= 0.3 is 12.1 Å². The molecule has 8 nitrogen and oxygen atoms in total. The minimum Gasteiger partial charge on any atom is -0.493 e. The third-order valence-electron chi connectivity index (χ3n) is 7.11. The number of carbonyl (C=O) groups is 2. The maximum Gasteiger partial charge on any atom is 0.318 e. The van der Waals surface area contributed by atoms with Crippen molar-refractivity contribution in [2.24, 2.45) is 5.92 Å². The van der Waals surface area contributed by atoms with Crippen molar-refractivity contribution in [3.05, 3.63) is 65.5 Å². The molecule has 0 radical (unpaired) electrons. The van der Waals surface area contributed by atoms with Crippen molar-refractivity contribution in [2.45, 2.75) is 45.8 Å². The third-order valence-corrected chi connectivity index (χ3v) is 7.11. The summed E-state index contributed by atoms with van der Waals surface area (Å²) in [5.74, 6) is 0.994. The van der Waals surface area contributed by atoms with Crippen molar-refractivity contribution >= 4 is 12.1 Å². The van der Waals surface area contributed by atoms with E-state index in [1.54, 1.807) is 12.1 Å². The van der Waals surface area contributed by atoms with Crippen molar-refractivity contribution in [3.8, 4) is 5.75 Å². The Kier molecular flexibility index (Phi) is 9.81. The number of carbonyl (C=O) groups excluding carboxylic acids is 2. The van der Waals surface area contributed by atoms with E-state index >= 15 is 0 Å². The number of hydrogen-bond acceptors (Lipinski definition) is 4. The van der Waals surface area contributed by atoms with Crippen LogP contribution in [0.15, 0.2) is 48.5 Å². The van der Waals surface area contributed by atoms with E-state index in [0.717, 1.165) is 62.4 Å². The Labute approximate surface area is 225 Å². The molecule has 0 saturated carbocycles. The second-order valence-corrected chi connectivity index (χ2v) is 10.6. The molecule has 2 N–H and O–H groups in total. The molecule has 0 spiro atoms. The standard InChI is InChI=1S/C29H40FN5O3/c1-22(2)21-38-27-9-5-23(6-10-27)19-32-29(37)35(20-24-3-7-25(30)8-4-24)26-11-14-33(15-12-26)17-18-34-16-13-31-28(34)36/h3-10,22,26H,11-21H2,1-2H3,(H,31,36)(H,32,37). The SMILES string of the molecule is CC(C)COc1ccc(CNC(=O)N(Cc2ccc(F)cc2)C2CCN(CCN3CCNC3=O)CC2)cc1. The molecular formula is C29H40FN5O3. The molecule has 2 heterocycles. The quantitative estimate of drug-likeness (QED) is 0.464. The Hall–Kier alpha value is -3.33. The maximum atomic E-state index is 13.5. The van der Waals surface area contributed by atoms with Crippen LogP contribution in [0.4, 0.5) is 14.0 Å². The summed E-state index contributed by atoms with van der Waals surface area (Å²) in [6, 6.07) is 14.1. The lowest BCUT2D eigenvalue weighted by molar-refractivity contribution is 0.112. The molecule has 9 heteroatoms. The van der Waals surface area contributed by atoms with Gasteiger partial charge in [0.25, 0.3) is 0 Å². The van der Waals surface area contributed by atoms with Gasteiger partial charge in [-0.2, -0.15) is 0 Å². The molecule has 2 aromatic rings. The van der Waals surface area contributed by atoms with Crippen LogP contribution in [0.2, 0.25) is 0 Å². The zero-order chi connectivity index (χ0) is 26.9. The number of likely N-dealkylation sites (tertiary alicyclic amines) is 1. The Morgan fingerprint density at radius 2 is 1.74 bits per heavy atom. The number of benzene rings is 2. The molecule has 0 aliphatic carbocycles. The van der Waals surface area contributed by atoms with Gasteiger partial charge in [-0.15, -0.1) is 0 Å². The largest absolute Gasteiger partial charge is 0.493 e.